The second-order valence-electron chi connectivity index (χ2n) is 3.99. The van der Waals surface area contributed by atoms with Crippen molar-refractivity contribution in [1.82, 2.24) is 0 Å². The zero-order chi connectivity index (χ0) is 14.9. The molecule has 2 aromatic carbocycles. The zero-order valence-corrected chi connectivity index (χ0v) is 11.5. The molecule has 0 aliphatic rings. The first-order valence-corrected chi connectivity index (χ1v) is 6.18. The van der Waals surface area contributed by atoms with E-state index in [0.717, 1.165) is 0 Å². The minimum atomic E-state index is -1.14. The van der Waals surface area contributed by atoms with E-state index in [-0.39, 0.29) is 21.3 Å². The average Bonchev–Trinajstić information content (AvgIpc) is 2.38. The molecule has 0 amide bonds. The number of hydrogen-bond donors (Lipinski definition) is 3. The Morgan fingerprint density at radius 1 is 1.15 bits per heavy atom. The van der Waals surface area contributed by atoms with Crippen LogP contribution in [0.25, 0.3) is 0 Å². The van der Waals surface area contributed by atoms with Gasteiger partial charge in [0, 0.05) is 17.1 Å². The fourth-order valence-corrected chi connectivity index (χ4v) is 2.10. The van der Waals surface area contributed by atoms with Crippen molar-refractivity contribution in [1.29, 1.82) is 0 Å². The Bertz CT molecular complexity index is 669. The molecule has 0 fully saturated rings. The minimum absolute atomic E-state index is 0.0331. The second kappa shape index (κ2) is 5.56. The topological polar surface area (TPSA) is 75.3 Å². The molecule has 0 bridgehead atoms. The first kappa shape index (κ1) is 14.4. The minimum Gasteiger partial charge on any atom is -0.478 e. The van der Waals surface area contributed by atoms with Gasteiger partial charge in [-0.25, -0.2) is 9.18 Å². The smallest absolute Gasteiger partial charge is 0.337 e. The molecule has 7 heteroatoms. The summed E-state index contributed by atoms with van der Waals surface area (Å²) >= 11 is 11.4. The van der Waals surface area contributed by atoms with Gasteiger partial charge in [-0.15, -0.1) is 0 Å². The van der Waals surface area contributed by atoms with E-state index in [9.17, 15) is 9.18 Å². The van der Waals surface area contributed by atoms with E-state index in [1.165, 1.54) is 24.3 Å². The van der Waals surface area contributed by atoms with E-state index in [1.807, 2.05) is 0 Å². The molecule has 0 atom stereocenters. The number of carbonyl (C=O) groups is 1. The highest BCUT2D eigenvalue weighted by atomic mass is 35.5. The number of benzene rings is 2. The van der Waals surface area contributed by atoms with Gasteiger partial charge < -0.3 is 16.2 Å². The summed E-state index contributed by atoms with van der Waals surface area (Å²) in [6, 6.07) is 7.10. The maximum absolute atomic E-state index is 13.3. The highest BCUT2D eigenvalue weighted by Crippen LogP contribution is 2.29. The van der Waals surface area contributed by atoms with Gasteiger partial charge in [0.05, 0.1) is 15.6 Å². The second-order valence-corrected chi connectivity index (χ2v) is 4.80. The highest BCUT2D eigenvalue weighted by Gasteiger charge is 2.11. The van der Waals surface area contributed by atoms with Crippen LogP contribution >= 0.6 is 23.2 Å². The Morgan fingerprint density at radius 2 is 1.75 bits per heavy atom. The Kier molecular flexibility index (Phi) is 4.01. The van der Waals surface area contributed by atoms with Crippen molar-refractivity contribution in [2.75, 3.05) is 11.1 Å². The average molecular weight is 315 g/mol. The van der Waals surface area contributed by atoms with Crippen LogP contribution in [0.3, 0.4) is 0 Å². The number of carboxylic acid groups (broad SMARTS) is 1. The van der Waals surface area contributed by atoms with Crippen LogP contribution in [0.5, 0.6) is 0 Å². The summed E-state index contributed by atoms with van der Waals surface area (Å²) in [6.07, 6.45) is 0. The standard InChI is InChI=1S/C13H9Cl2FN2O2/c14-9-4-7(5-10(15)12(9)16)18-6-1-2-11(17)8(3-6)13(19)20/h1-5,18H,17H2,(H,19,20). The third-order valence-corrected chi connectivity index (χ3v) is 3.11. The third kappa shape index (κ3) is 2.95. The third-order valence-electron chi connectivity index (χ3n) is 2.56. The van der Waals surface area contributed by atoms with Gasteiger partial charge in [0.15, 0.2) is 5.82 Å². The Balaban J connectivity index is 2.35. The predicted molar refractivity (Wildman–Crippen MR) is 77.5 cm³/mol. The van der Waals surface area contributed by atoms with Crippen LogP contribution in [0.2, 0.25) is 10.0 Å². The summed E-state index contributed by atoms with van der Waals surface area (Å²) in [5.41, 5.74) is 6.57. The summed E-state index contributed by atoms with van der Waals surface area (Å²) in [5, 5.41) is 11.6. The van der Waals surface area contributed by atoms with Gasteiger partial charge in [-0.2, -0.15) is 0 Å². The molecule has 2 rings (SSSR count). The lowest BCUT2D eigenvalue weighted by molar-refractivity contribution is 0.0698. The van der Waals surface area contributed by atoms with Gasteiger partial charge >= 0.3 is 5.97 Å². The fourth-order valence-electron chi connectivity index (χ4n) is 1.61. The molecule has 0 aliphatic carbocycles. The van der Waals surface area contributed by atoms with Gasteiger partial charge in [-0.1, -0.05) is 23.2 Å². The van der Waals surface area contributed by atoms with Crippen LogP contribution in [-0.4, -0.2) is 11.1 Å². The van der Waals surface area contributed by atoms with Gasteiger partial charge in [0.2, 0.25) is 0 Å². The number of nitrogens with one attached hydrogen (secondary N) is 1. The van der Waals surface area contributed by atoms with Crippen LogP contribution < -0.4 is 11.1 Å². The molecule has 4 nitrogen and oxygen atoms in total. The van der Waals surface area contributed by atoms with Crippen LogP contribution in [0.4, 0.5) is 21.5 Å². The Hall–Kier alpha value is -1.98. The summed E-state index contributed by atoms with van der Waals surface area (Å²) in [6.45, 7) is 0. The molecule has 0 radical (unpaired) electrons. The predicted octanol–water partition coefficient (Wildman–Crippen LogP) is 4.16. The van der Waals surface area contributed by atoms with Crippen molar-refractivity contribution in [3.05, 3.63) is 51.8 Å². The van der Waals surface area contributed by atoms with E-state index < -0.39 is 11.8 Å². The van der Waals surface area contributed by atoms with Gasteiger partial charge in [0.1, 0.15) is 0 Å². The maximum Gasteiger partial charge on any atom is 0.337 e. The molecule has 0 saturated carbocycles. The molecule has 0 saturated heterocycles. The lowest BCUT2D eigenvalue weighted by Gasteiger charge is -2.10. The molecule has 0 spiro atoms. The molecule has 0 heterocycles. The first-order valence-electron chi connectivity index (χ1n) is 5.43. The van der Waals surface area contributed by atoms with Gasteiger partial charge in [-0.05, 0) is 30.3 Å². The van der Waals surface area contributed by atoms with Crippen molar-refractivity contribution in [3.63, 3.8) is 0 Å². The molecular weight excluding hydrogens is 306 g/mol. The molecule has 0 aliphatic heterocycles. The van der Waals surface area contributed by atoms with Crippen molar-refractivity contribution >= 4 is 46.2 Å². The molecule has 0 unspecified atom stereocenters. The number of nitrogens with two attached hydrogens (primary N) is 1. The zero-order valence-electron chi connectivity index (χ0n) is 9.95. The Morgan fingerprint density at radius 3 is 2.30 bits per heavy atom. The molecule has 4 N–H and O–H groups in total. The maximum atomic E-state index is 13.3. The number of anilines is 3. The fraction of sp³-hybridized carbons (Fsp3) is 0. The quantitative estimate of drug-likeness (QED) is 0.587. The number of halogens is 3. The number of aromatic carboxylic acids is 1. The number of hydrogen-bond acceptors (Lipinski definition) is 3. The lowest BCUT2D eigenvalue weighted by atomic mass is 10.1. The van der Waals surface area contributed by atoms with Crippen LogP contribution in [0.15, 0.2) is 30.3 Å². The molecule has 2 aromatic rings. The van der Waals surface area contributed by atoms with Crippen molar-refractivity contribution in [3.8, 4) is 0 Å². The number of carboxylic acids is 1. The summed E-state index contributed by atoms with van der Waals surface area (Å²) in [4.78, 5) is 11.0. The van der Waals surface area contributed by atoms with Crippen molar-refractivity contribution < 1.29 is 14.3 Å². The van der Waals surface area contributed by atoms with Gasteiger partial charge in [0.25, 0.3) is 0 Å². The number of rotatable bonds is 3. The Labute approximate surface area is 123 Å². The normalized spacial score (nSPS) is 10.3. The highest BCUT2D eigenvalue weighted by molar-refractivity contribution is 6.35. The number of nitrogen functional groups attached to an aromatic ring is 1. The molecular formula is C13H9Cl2FN2O2. The largest absolute Gasteiger partial charge is 0.478 e. The van der Waals surface area contributed by atoms with E-state index >= 15 is 0 Å². The van der Waals surface area contributed by atoms with Crippen LogP contribution in [0, 0.1) is 5.82 Å². The SMILES string of the molecule is Nc1ccc(Nc2cc(Cl)c(F)c(Cl)c2)cc1C(=O)O. The van der Waals surface area contributed by atoms with E-state index in [4.69, 9.17) is 34.0 Å². The summed E-state index contributed by atoms with van der Waals surface area (Å²) in [5.74, 6) is -1.84. The molecule has 20 heavy (non-hydrogen) atoms. The van der Waals surface area contributed by atoms with Crippen molar-refractivity contribution in [2.45, 2.75) is 0 Å². The van der Waals surface area contributed by atoms with E-state index in [2.05, 4.69) is 5.32 Å². The monoisotopic (exact) mass is 314 g/mol. The first-order chi connectivity index (χ1) is 9.38. The van der Waals surface area contributed by atoms with E-state index in [1.54, 1.807) is 6.07 Å². The summed E-state index contributed by atoms with van der Waals surface area (Å²) < 4.78 is 13.3. The van der Waals surface area contributed by atoms with Gasteiger partial charge in [-0.3, -0.25) is 0 Å². The summed E-state index contributed by atoms with van der Waals surface area (Å²) in [7, 11) is 0. The molecule has 104 valence electrons. The van der Waals surface area contributed by atoms with Crippen molar-refractivity contribution in [2.24, 2.45) is 0 Å². The van der Waals surface area contributed by atoms with Crippen LogP contribution in [0.1, 0.15) is 10.4 Å². The molecule has 0 aromatic heterocycles. The van der Waals surface area contributed by atoms with E-state index in [0.29, 0.717) is 11.4 Å². The lowest BCUT2D eigenvalue weighted by Crippen LogP contribution is -2.03. The van der Waals surface area contributed by atoms with Crippen LogP contribution in [-0.2, 0) is 0 Å².